The average molecular weight is 275 g/mol. The monoisotopic (exact) mass is 275 g/mol. The summed E-state index contributed by atoms with van der Waals surface area (Å²) >= 11 is 0. The van der Waals surface area contributed by atoms with Gasteiger partial charge in [-0.3, -0.25) is 0 Å². The predicted molar refractivity (Wildman–Crippen MR) is 76.4 cm³/mol. The number of hydrogen-bond donors (Lipinski definition) is 3. The molecule has 2 rings (SSSR count). The van der Waals surface area contributed by atoms with Crippen LogP contribution in [0.3, 0.4) is 0 Å². The number of urea groups is 1. The average Bonchev–Trinajstić information content (AvgIpc) is 2.42. The maximum absolute atomic E-state index is 12.9. The second-order valence-electron chi connectivity index (χ2n) is 4.04. The number of carbonyl (C=O) groups is 1. The number of nitrogens with two attached hydrogens (primary N) is 1. The number of nitrogen functional groups attached to an aromatic ring is 1. The molecule has 0 heterocycles. The van der Waals surface area contributed by atoms with Crippen LogP contribution in [0.1, 0.15) is 0 Å². The number of hydrogen-bond acceptors (Lipinski definition) is 3. The summed E-state index contributed by atoms with van der Waals surface area (Å²) in [7, 11) is 1.54. The molecule has 0 aliphatic carbocycles. The Balaban J connectivity index is 2.05. The van der Waals surface area contributed by atoms with Crippen molar-refractivity contribution in [2.24, 2.45) is 0 Å². The van der Waals surface area contributed by atoms with Crippen molar-refractivity contribution in [2.45, 2.75) is 0 Å². The number of halogens is 1. The van der Waals surface area contributed by atoms with Gasteiger partial charge in [-0.15, -0.1) is 0 Å². The Morgan fingerprint density at radius 2 is 2.00 bits per heavy atom. The molecule has 0 radical (unpaired) electrons. The highest BCUT2D eigenvalue weighted by Crippen LogP contribution is 2.20. The highest BCUT2D eigenvalue weighted by atomic mass is 19.1. The molecular weight excluding hydrogens is 261 g/mol. The van der Waals surface area contributed by atoms with Crippen LogP contribution in [0.4, 0.5) is 26.2 Å². The Morgan fingerprint density at radius 1 is 1.20 bits per heavy atom. The molecule has 0 bridgehead atoms. The number of anilines is 3. The van der Waals surface area contributed by atoms with Crippen molar-refractivity contribution in [3.63, 3.8) is 0 Å². The van der Waals surface area contributed by atoms with Crippen LogP contribution in [0.5, 0.6) is 5.75 Å². The second kappa shape index (κ2) is 5.92. The molecule has 0 aliphatic heterocycles. The SMILES string of the molecule is COc1cccc(NC(=O)Nc2ccc(F)cc2N)c1. The lowest BCUT2D eigenvalue weighted by molar-refractivity contribution is 0.262. The standard InChI is InChI=1S/C14H14FN3O2/c1-20-11-4-2-3-10(8-11)17-14(19)18-13-6-5-9(15)7-12(13)16/h2-8H,16H2,1H3,(H2,17,18,19). The molecule has 2 aromatic carbocycles. The minimum atomic E-state index is -0.475. The molecule has 20 heavy (non-hydrogen) atoms. The van der Waals surface area contributed by atoms with E-state index >= 15 is 0 Å². The van der Waals surface area contributed by atoms with Crippen molar-refractivity contribution in [3.8, 4) is 5.75 Å². The highest BCUT2D eigenvalue weighted by Gasteiger charge is 2.06. The van der Waals surface area contributed by atoms with Gasteiger partial charge in [0, 0.05) is 11.8 Å². The maximum Gasteiger partial charge on any atom is 0.323 e. The Bertz CT molecular complexity index is 632. The smallest absolute Gasteiger partial charge is 0.323 e. The van der Waals surface area contributed by atoms with Gasteiger partial charge in [0.25, 0.3) is 0 Å². The van der Waals surface area contributed by atoms with E-state index in [9.17, 15) is 9.18 Å². The summed E-state index contributed by atoms with van der Waals surface area (Å²) < 4.78 is 17.9. The lowest BCUT2D eigenvalue weighted by Gasteiger charge is -2.10. The molecule has 0 atom stereocenters. The minimum absolute atomic E-state index is 0.158. The Labute approximate surface area is 115 Å². The van der Waals surface area contributed by atoms with Gasteiger partial charge in [-0.2, -0.15) is 0 Å². The van der Waals surface area contributed by atoms with Crippen molar-refractivity contribution >= 4 is 23.1 Å². The molecule has 0 spiro atoms. The van der Waals surface area contributed by atoms with Crippen molar-refractivity contribution < 1.29 is 13.9 Å². The first-order chi connectivity index (χ1) is 9.58. The molecule has 0 aliphatic rings. The first-order valence-electron chi connectivity index (χ1n) is 5.85. The van der Waals surface area contributed by atoms with Gasteiger partial charge in [0.15, 0.2) is 0 Å². The third kappa shape index (κ3) is 3.38. The molecule has 0 saturated heterocycles. The van der Waals surface area contributed by atoms with Gasteiger partial charge in [0.2, 0.25) is 0 Å². The van der Waals surface area contributed by atoms with Crippen LogP contribution in [0, 0.1) is 5.82 Å². The van der Waals surface area contributed by atoms with Crippen molar-refractivity contribution in [1.82, 2.24) is 0 Å². The summed E-state index contributed by atoms with van der Waals surface area (Å²) in [6.45, 7) is 0. The van der Waals surface area contributed by atoms with E-state index in [2.05, 4.69) is 10.6 Å². The number of nitrogens with one attached hydrogen (secondary N) is 2. The minimum Gasteiger partial charge on any atom is -0.497 e. The lowest BCUT2D eigenvalue weighted by atomic mass is 10.2. The van der Waals surface area contributed by atoms with Crippen molar-refractivity contribution in [3.05, 3.63) is 48.3 Å². The van der Waals surface area contributed by atoms with Crippen LogP contribution in [-0.2, 0) is 0 Å². The first kappa shape index (κ1) is 13.7. The van der Waals surface area contributed by atoms with Gasteiger partial charge in [0.05, 0.1) is 18.5 Å². The summed E-state index contributed by atoms with van der Waals surface area (Å²) in [6, 6.07) is 10.2. The van der Waals surface area contributed by atoms with Crippen LogP contribution in [0.25, 0.3) is 0 Å². The Kier molecular flexibility index (Phi) is 4.05. The third-order valence-corrected chi connectivity index (χ3v) is 2.59. The molecule has 6 heteroatoms. The number of ether oxygens (including phenoxy) is 1. The van der Waals surface area contributed by atoms with Crippen LogP contribution >= 0.6 is 0 Å². The summed E-state index contributed by atoms with van der Waals surface area (Å²) in [5, 5.41) is 5.17. The van der Waals surface area contributed by atoms with E-state index in [-0.39, 0.29) is 5.69 Å². The quantitative estimate of drug-likeness (QED) is 0.753. The molecule has 2 aromatic rings. The molecule has 0 fully saturated rings. The summed E-state index contributed by atoms with van der Waals surface area (Å²) in [5.41, 5.74) is 6.68. The van der Waals surface area contributed by atoms with E-state index in [0.717, 1.165) is 6.07 Å². The predicted octanol–water partition coefficient (Wildman–Crippen LogP) is 3.06. The normalized spacial score (nSPS) is 9.90. The number of amides is 2. The molecule has 0 saturated carbocycles. The van der Waals surface area contributed by atoms with Crippen molar-refractivity contribution in [1.29, 1.82) is 0 Å². The van der Waals surface area contributed by atoms with E-state index in [0.29, 0.717) is 17.1 Å². The number of benzene rings is 2. The van der Waals surface area contributed by atoms with E-state index in [1.807, 2.05) is 0 Å². The molecule has 5 nitrogen and oxygen atoms in total. The summed E-state index contributed by atoms with van der Waals surface area (Å²) in [6.07, 6.45) is 0. The van der Waals surface area contributed by atoms with Gasteiger partial charge in [-0.25, -0.2) is 9.18 Å². The van der Waals surface area contributed by atoms with Crippen LogP contribution in [0.15, 0.2) is 42.5 Å². The van der Waals surface area contributed by atoms with E-state index < -0.39 is 11.8 Å². The molecule has 104 valence electrons. The molecular formula is C14H14FN3O2. The second-order valence-corrected chi connectivity index (χ2v) is 4.04. The van der Waals surface area contributed by atoms with E-state index in [1.54, 1.807) is 31.4 Å². The van der Waals surface area contributed by atoms with Crippen LogP contribution < -0.4 is 21.1 Å². The number of rotatable bonds is 3. The maximum atomic E-state index is 12.9. The fourth-order valence-corrected chi connectivity index (χ4v) is 1.63. The molecule has 0 aromatic heterocycles. The fraction of sp³-hybridized carbons (Fsp3) is 0.0714. The van der Waals surface area contributed by atoms with Gasteiger partial charge in [-0.05, 0) is 30.3 Å². The molecule has 0 unspecified atom stereocenters. The first-order valence-corrected chi connectivity index (χ1v) is 5.85. The van der Waals surface area contributed by atoms with Crippen LogP contribution in [0.2, 0.25) is 0 Å². The molecule has 4 N–H and O–H groups in total. The van der Waals surface area contributed by atoms with Crippen LogP contribution in [-0.4, -0.2) is 13.1 Å². The number of methoxy groups -OCH3 is 1. The van der Waals surface area contributed by atoms with E-state index in [1.165, 1.54) is 12.1 Å². The van der Waals surface area contributed by atoms with Gasteiger partial charge in [-0.1, -0.05) is 6.07 Å². The van der Waals surface area contributed by atoms with E-state index in [4.69, 9.17) is 10.5 Å². The van der Waals surface area contributed by atoms with Gasteiger partial charge >= 0.3 is 6.03 Å². The number of carbonyl (C=O) groups excluding carboxylic acids is 1. The topological polar surface area (TPSA) is 76.4 Å². The Morgan fingerprint density at radius 3 is 2.70 bits per heavy atom. The Hall–Kier alpha value is -2.76. The van der Waals surface area contributed by atoms with Gasteiger partial charge in [0.1, 0.15) is 11.6 Å². The highest BCUT2D eigenvalue weighted by molar-refractivity contribution is 6.01. The van der Waals surface area contributed by atoms with Crippen molar-refractivity contribution in [2.75, 3.05) is 23.5 Å². The summed E-state index contributed by atoms with van der Waals surface area (Å²) in [4.78, 5) is 11.8. The lowest BCUT2D eigenvalue weighted by Crippen LogP contribution is -2.20. The fourth-order valence-electron chi connectivity index (χ4n) is 1.63. The zero-order valence-corrected chi connectivity index (χ0v) is 10.8. The largest absolute Gasteiger partial charge is 0.497 e. The zero-order chi connectivity index (χ0) is 14.5. The van der Waals surface area contributed by atoms with Gasteiger partial charge < -0.3 is 21.1 Å². The summed E-state index contributed by atoms with van der Waals surface area (Å²) in [5.74, 6) is 0.172. The zero-order valence-electron chi connectivity index (χ0n) is 10.8. The molecule has 2 amide bonds. The third-order valence-electron chi connectivity index (χ3n) is 2.59.